The average molecular weight is 480 g/mol. The second-order valence-corrected chi connectivity index (χ2v) is 8.50. The summed E-state index contributed by atoms with van der Waals surface area (Å²) in [6.45, 7) is 2.00. The number of aryl methyl sites for hydroxylation is 1. The number of nitrogens with one attached hydrogen (secondary N) is 1. The fraction of sp³-hybridized carbons (Fsp3) is 0.130. The summed E-state index contributed by atoms with van der Waals surface area (Å²) in [5.74, 6) is 1.68. The van der Waals surface area contributed by atoms with Crippen molar-refractivity contribution in [2.45, 2.75) is 13.3 Å². The van der Waals surface area contributed by atoms with Crippen LogP contribution in [0.3, 0.4) is 0 Å². The van der Waals surface area contributed by atoms with Crippen LogP contribution in [0, 0.1) is 0 Å². The minimum Gasteiger partial charge on any atom is -0.495 e. The van der Waals surface area contributed by atoms with Crippen LogP contribution in [0.5, 0.6) is 5.75 Å². The number of carbonyl (C=O) groups excluding carboxylic acids is 1. The van der Waals surface area contributed by atoms with Gasteiger partial charge in [0, 0.05) is 22.6 Å². The molecule has 3 heterocycles. The molecule has 166 valence electrons. The van der Waals surface area contributed by atoms with E-state index in [1.165, 1.54) is 11.3 Å². The summed E-state index contributed by atoms with van der Waals surface area (Å²) in [4.78, 5) is 13.6. The van der Waals surface area contributed by atoms with E-state index < -0.39 is 5.91 Å². The Kier molecular flexibility index (Phi) is 5.57. The van der Waals surface area contributed by atoms with Gasteiger partial charge in [-0.05, 0) is 54.6 Å². The van der Waals surface area contributed by atoms with Crippen molar-refractivity contribution >= 4 is 39.5 Å². The van der Waals surface area contributed by atoms with E-state index in [1.807, 2.05) is 31.2 Å². The first kappa shape index (κ1) is 21.2. The van der Waals surface area contributed by atoms with Crippen LogP contribution < -0.4 is 10.1 Å². The van der Waals surface area contributed by atoms with Crippen LogP contribution in [0.1, 0.15) is 23.3 Å². The van der Waals surface area contributed by atoms with Crippen molar-refractivity contribution in [1.82, 2.24) is 19.8 Å². The van der Waals surface area contributed by atoms with E-state index in [9.17, 15) is 4.79 Å². The Bertz CT molecular complexity index is 1450. The normalized spacial score (nSPS) is 11.1. The molecule has 0 radical (unpaired) electrons. The SMILES string of the molecule is CCc1nnc2sc(-c3ccc(OC)c(NC(=O)c4ccc(-c5ccc(Cl)cc5)o4)c3)nn12. The smallest absolute Gasteiger partial charge is 0.291 e. The van der Waals surface area contributed by atoms with Gasteiger partial charge in [-0.2, -0.15) is 9.61 Å². The van der Waals surface area contributed by atoms with Gasteiger partial charge in [-0.15, -0.1) is 10.2 Å². The number of carbonyl (C=O) groups is 1. The Balaban J connectivity index is 1.42. The number of hydrogen-bond acceptors (Lipinski definition) is 7. The molecule has 10 heteroatoms. The Morgan fingerprint density at radius 3 is 2.67 bits per heavy atom. The standard InChI is InChI=1S/C23H18ClN5O3S/c1-3-20-26-27-23-29(20)28-22(33-23)14-6-9-18(31-2)16(12-14)25-21(30)19-11-10-17(32-19)13-4-7-15(24)8-5-13/h4-12H,3H2,1-2H3,(H,25,30). The third-order valence-electron chi connectivity index (χ3n) is 5.02. The predicted octanol–water partition coefficient (Wildman–Crippen LogP) is 5.59. The molecule has 0 spiro atoms. The molecule has 5 rings (SSSR count). The second kappa shape index (κ2) is 8.68. The first-order valence-corrected chi connectivity index (χ1v) is 11.3. The zero-order valence-corrected chi connectivity index (χ0v) is 19.3. The van der Waals surface area contributed by atoms with Crippen LogP contribution in [0.25, 0.3) is 26.9 Å². The number of hydrogen-bond donors (Lipinski definition) is 1. The van der Waals surface area contributed by atoms with Crippen LogP contribution in [0.4, 0.5) is 5.69 Å². The van der Waals surface area contributed by atoms with Crippen molar-refractivity contribution in [2.24, 2.45) is 0 Å². The van der Waals surface area contributed by atoms with Crippen LogP contribution in [-0.4, -0.2) is 32.8 Å². The third-order valence-corrected chi connectivity index (χ3v) is 6.22. The number of anilines is 1. The Morgan fingerprint density at radius 1 is 1.12 bits per heavy atom. The summed E-state index contributed by atoms with van der Waals surface area (Å²) in [6, 6.07) is 16.1. The third kappa shape index (κ3) is 4.08. The minimum absolute atomic E-state index is 0.179. The molecule has 0 saturated heterocycles. The van der Waals surface area contributed by atoms with E-state index in [0.29, 0.717) is 27.2 Å². The molecule has 0 aliphatic heterocycles. The lowest BCUT2D eigenvalue weighted by Crippen LogP contribution is -2.11. The number of furan rings is 1. The molecule has 0 aliphatic rings. The minimum atomic E-state index is -0.392. The molecule has 8 nitrogen and oxygen atoms in total. The lowest BCUT2D eigenvalue weighted by molar-refractivity contribution is 0.0997. The van der Waals surface area contributed by atoms with Gasteiger partial charge in [-0.3, -0.25) is 4.79 Å². The van der Waals surface area contributed by atoms with Crippen molar-refractivity contribution in [3.05, 3.63) is 71.2 Å². The highest BCUT2D eigenvalue weighted by atomic mass is 35.5. The zero-order chi connectivity index (χ0) is 22.9. The van der Waals surface area contributed by atoms with E-state index in [-0.39, 0.29) is 5.76 Å². The van der Waals surface area contributed by atoms with E-state index in [4.69, 9.17) is 20.8 Å². The molecule has 0 bridgehead atoms. The number of amides is 1. The maximum absolute atomic E-state index is 12.9. The Morgan fingerprint density at radius 2 is 1.91 bits per heavy atom. The topological polar surface area (TPSA) is 94.6 Å². The highest BCUT2D eigenvalue weighted by Gasteiger charge is 2.17. The van der Waals surface area contributed by atoms with Gasteiger partial charge in [0.25, 0.3) is 5.91 Å². The van der Waals surface area contributed by atoms with Gasteiger partial charge in [-0.1, -0.05) is 29.9 Å². The fourth-order valence-corrected chi connectivity index (χ4v) is 4.33. The first-order chi connectivity index (χ1) is 16.1. The number of rotatable bonds is 6. The van der Waals surface area contributed by atoms with Gasteiger partial charge in [0.05, 0.1) is 12.8 Å². The van der Waals surface area contributed by atoms with Gasteiger partial charge in [0.1, 0.15) is 16.5 Å². The maximum Gasteiger partial charge on any atom is 0.291 e. The number of halogens is 1. The largest absolute Gasteiger partial charge is 0.495 e. The van der Waals surface area contributed by atoms with E-state index in [1.54, 1.807) is 42.0 Å². The van der Waals surface area contributed by atoms with Crippen molar-refractivity contribution in [1.29, 1.82) is 0 Å². The van der Waals surface area contributed by atoms with Gasteiger partial charge in [-0.25, -0.2) is 0 Å². The van der Waals surface area contributed by atoms with Crippen LogP contribution in [0.15, 0.2) is 59.0 Å². The molecule has 33 heavy (non-hydrogen) atoms. The highest BCUT2D eigenvalue weighted by molar-refractivity contribution is 7.19. The number of nitrogens with zero attached hydrogens (tertiary/aromatic N) is 4. The lowest BCUT2D eigenvalue weighted by Gasteiger charge is -2.10. The highest BCUT2D eigenvalue weighted by Crippen LogP contribution is 2.33. The zero-order valence-electron chi connectivity index (χ0n) is 17.7. The first-order valence-electron chi connectivity index (χ1n) is 10.1. The van der Waals surface area contributed by atoms with Gasteiger partial charge in [0.2, 0.25) is 4.96 Å². The molecule has 5 aromatic rings. The Labute approximate surface area is 197 Å². The van der Waals surface area contributed by atoms with Crippen molar-refractivity contribution < 1.29 is 13.9 Å². The predicted molar refractivity (Wildman–Crippen MR) is 127 cm³/mol. The number of methoxy groups -OCH3 is 1. The monoisotopic (exact) mass is 479 g/mol. The molecule has 0 unspecified atom stereocenters. The van der Waals surface area contributed by atoms with Crippen LogP contribution in [-0.2, 0) is 6.42 Å². The molecule has 2 aromatic carbocycles. The lowest BCUT2D eigenvalue weighted by atomic mass is 10.2. The number of ether oxygens (including phenoxy) is 1. The van der Waals surface area contributed by atoms with E-state index >= 15 is 0 Å². The molecule has 0 atom stereocenters. The molecule has 0 saturated carbocycles. The van der Waals surface area contributed by atoms with E-state index in [2.05, 4.69) is 20.6 Å². The quantitative estimate of drug-likeness (QED) is 0.341. The van der Waals surface area contributed by atoms with Crippen molar-refractivity contribution in [2.75, 3.05) is 12.4 Å². The number of aromatic nitrogens is 4. The summed E-state index contributed by atoms with van der Waals surface area (Å²) >= 11 is 7.37. The van der Waals surface area contributed by atoms with Gasteiger partial charge < -0.3 is 14.5 Å². The molecule has 3 aromatic heterocycles. The fourth-order valence-electron chi connectivity index (χ4n) is 3.35. The van der Waals surface area contributed by atoms with Crippen LogP contribution >= 0.6 is 22.9 Å². The van der Waals surface area contributed by atoms with E-state index in [0.717, 1.165) is 28.4 Å². The van der Waals surface area contributed by atoms with Gasteiger partial charge >= 0.3 is 0 Å². The van der Waals surface area contributed by atoms with Gasteiger partial charge in [0.15, 0.2) is 11.6 Å². The summed E-state index contributed by atoms with van der Waals surface area (Å²) in [7, 11) is 1.55. The number of fused-ring (bicyclic) bond motifs is 1. The summed E-state index contributed by atoms with van der Waals surface area (Å²) in [5, 5.41) is 17.2. The van der Waals surface area contributed by atoms with Crippen LogP contribution in [0.2, 0.25) is 5.02 Å². The molecule has 1 N–H and O–H groups in total. The maximum atomic E-state index is 12.9. The summed E-state index contributed by atoms with van der Waals surface area (Å²) in [6.07, 6.45) is 0.732. The molecule has 0 fully saturated rings. The Hall–Kier alpha value is -3.69. The second-order valence-electron chi connectivity index (χ2n) is 7.11. The molecular formula is C23H18ClN5O3S. The average Bonchev–Trinajstić information content (AvgIpc) is 3.55. The molecule has 1 amide bonds. The number of benzene rings is 2. The van der Waals surface area contributed by atoms with Crippen molar-refractivity contribution in [3.63, 3.8) is 0 Å². The summed E-state index contributed by atoms with van der Waals surface area (Å²) < 4.78 is 12.9. The molecule has 0 aliphatic carbocycles. The van der Waals surface area contributed by atoms with Crippen molar-refractivity contribution in [3.8, 4) is 27.6 Å². The summed E-state index contributed by atoms with van der Waals surface area (Å²) in [5.41, 5.74) is 2.16. The molecular weight excluding hydrogens is 462 g/mol.